The third kappa shape index (κ3) is 3.74. The van der Waals surface area contributed by atoms with Gasteiger partial charge >= 0.3 is 0 Å². The number of nitrogens with zero attached hydrogens (tertiary/aromatic N) is 6. The fraction of sp³-hybridized carbons (Fsp3) is 0.550. The largest absolute Gasteiger partial charge is 0.378 e. The molecule has 0 aromatic carbocycles. The highest BCUT2D eigenvalue weighted by Crippen LogP contribution is 2.24. The molecular formula is C20H28N6O2. The Labute approximate surface area is 165 Å². The second-order valence-corrected chi connectivity index (χ2v) is 7.75. The molecule has 0 spiro atoms. The average Bonchev–Trinajstić information content (AvgIpc) is 3.36. The zero-order valence-corrected chi connectivity index (χ0v) is 16.8. The molecule has 8 heteroatoms. The molecule has 28 heavy (non-hydrogen) atoms. The molecule has 0 N–H and O–H groups in total. The van der Waals surface area contributed by atoms with E-state index < -0.39 is 0 Å². The molecule has 4 heterocycles. The lowest BCUT2D eigenvalue weighted by Gasteiger charge is -2.26. The van der Waals surface area contributed by atoms with E-state index in [1.54, 1.807) is 0 Å². The van der Waals surface area contributed by atoms with Crippen molar-refractivity contribution in [3.63, 3.8) is 0 Å². The van der Waals surface area contributed by atoms with Gasteiger partial charge in [0.15, 0.2) is 0 Å². The van der Waals surface area contributed by atoms with Crippen molar-refractivity contribution < 1.29 is 9.53 Å². The molecule has 2 aromatic rings. The van der Waals surface area contributed by atoms with Crippen LogP contribution >= 0.6 is 0 Å². The van der Waals surface area contributed by atoms with E-state index in [2.05, 4.69) is 33.9 Å². The molecule has 0 radical (unpaired) electrons. The fourth-order valence-corrected chi connectivity index (χ4v) is 3.84. The van der Waals surface area contributed by atoms with Crippen molar-refractivity contribution in [1.82, 2.24) is 24.3 Å². The van der Waals surface area contributed by atoms with Crippen LogP contribution in [0.1, 0.15) is 16.9 Å². The second-order valence-electron chi connectivity index (χ2n) is 7.75. The minimum absolute atomic E-state index is 0.0870. The van der Waals surface area contributed by atoms with E-state index in [4.69, 9.17) is 4.74 Å². The highest BCUT2D eigenvalue weighted by molar-refractivity contribution is 5.94. The van der Waals surface area contributed by atoms with Gasteiger partial charge in [-0.1, -0.05) is 0 Å². The molecule has 2 fully saturated rings. The zero-order valence-electron chi connectivity index (χ0n) is 16.8. The van der Waals surface area contributed by atoms with Crippen molar-refractivity contribution in [3.8, 4) is 11.1 Å². The quantitative estimate of drug-likeness (QED) is 0.786. The van der Waals surface area contributed by atoms with Crippen LogP contribution in [0.25, 0.3) is 11.1 Å². The van der Waals surface area contributed by atoms with Gasteiger partial charge in [-0.05, 0) is 26.6 Å². The minimum Gasteiger partial charge on any atom is -0.378 e. The third-order valence-electron chi connectivity index (χ3n) is 5.67. The Bertz CT molecular complexity index is 826. The van der Waals surface area contributed by atoms with Crippen molar-refractivity contribution >= 4 is 11.9 Å². The topological polar surface area (TPSA) is 66.7 Å². The summed E-state index contributed by atoms with van der Waals surface area (Å²) < 4.78 is 7.28. The number of hydrogen-bond acceptors (Lipinski definition) is 6. The van der Waals surface area contributed by atoms with Gasteiger partial charge in [0.2, 0.25) is 5.95 Å². The van der Waals surface area contributed by atoms with Gasteiger partial charge in [-0.3, -0.25) is 4.79 Å². The summed E-state index contributed by atoms with van der Waals surface area (Å²) in [5, 5.41) is 0. The molecule has 0 bridgehead atoms. The van der Waals surface area contributed by atoms with E-state index in [1.807, 2.05) is 41.2 Å². The molecule has 1 amide bonds. The van der Waals surface area contributed by atoms with Gasteiger partial charge in [0, 0.05) is 69.0 Å². The van der Waals surface area contributed by atoms with Crippen LogP contribution in [0.3, 0.4) is 0 Å². The number of rotatable bonds is 4. The number of likely N-dealkylation sites (N-methyl/N-ethyl adjacent to an activating group) is 1. The molecule has 150 valence electrons. The van der Waals surface area contributed by atoms with Crippen LogP contribution in [-0.4, -0.2) is 89.8 Å². The first-order valence-electron chi connectivity index (χ1n) is 9.80. The van der Waals surface area contributed by atoms with E-state index in [0.29, 0.717) is 24.9 Å². The molecule has 0 aliphatic carbocycles. The summed E-state index contributed by atoms with van der Waals surface area (Å²) in [4.78, 5) is 28.3. The summed E-state index contributed by atoms with van der Waals surface area (Å²) in [7, 11) is 6.05. The maximum Gasteiger partial charge on any atom is 0.270 e. The normalized spacial score (nSPS) is 20.2. The maximum atomic E-state index is 13.0. The Morgan fingerprint density at radius 1 is 1.14 bits per heavy atom. The lowest BCUT2D eigenvalue weighted by Crippen LogP contribution is -2.37. The zero-order chi connectivity index (χ0) is 19.7. The summed E-state index contributed by atoms with van der Waals surface area (Å²) >= 11 is 0. The van der Waals surface area contributed by atoms with Crippen LogP contribution < -0.4 is 4.90 Å². The second kappa shape index (κ2) is 7.89. The van der Waals surface area contributed by atoms with E-state index in [-0.39, 0.29) is 5.91 Å². The van der Waals surface area contributed by atoms with E-state index in [0.717, 1.165) is 49.7 Å². The van der Waals surface area contributed by atoms with E-state index in [9.17, 15) is 4.79 Å². The standard InChI is InChI=1S/C20H28N6O2/c1-23(2)17-4-5-26(14-17)19(27)18-10-15(13-24(18)3)16-11-21-20(22-12-16)25-6-8-28-9-7-25/h10-13,17H,4-9,14H2,1-3H3. The predicted octanol–water partition coefficient (Wildman–Crippen LogP) is 1.09. The first kappa shape index (κ1) is 18.9. The Balaban J connectivity index is 1.49. The number of aromatic nitrogens is 3. The summed E-state index contributed by atoms with van der Waals surface area (Å²) in [5.74, 6) is 0.815. The third-order valence-corrected chi connectivity index (χ3v) is 5.67. The number of likely N-dealkylation sites (tertiary alicyclic amines) is 1. The number of anilines is 1. The molecule has 2 saturated heterocycles. The lowest BCUT2D eigenvalue weighted by molar-refractivity contribution is 0.0773. The Morgan fingerprint density at radius 3 is 2.50 bits per heavy atom. The molecule has 2 aliphatic rings. The molecular weight excluding hydrogens is 356 g/mol. The number of hydrogen-bond donors (Lipinski definition) is 0. The molecule has 2 aromatic heterocycles. The maximum absolute atomic E-state index is 13.0. The van der Waals surface area contributed by atoms with Crippen LogP contribution in [0.15, 0.2) is 24.7 Å². The van der Waals surface area contributed by atoms with Crippen LogP contribution in [0.5, 0.6) is 0 Å². The smallest absolute Gasteiger partial charge is 0.270 e. The van der Waals surface area contributed by atoms with Gasteiger partial charge in [0.1, 0.15) is 5.69 Å². The van der Waals surface area contributed by atoms with Crippen LogP contribution in [-0.2, 0) is 11.8 Å². The van der Waals surface area contributed by atoms with Crippen molar-refractivity contribution in [2.75, 3.05) is 58.4 Å². The summed E-state index contributed by atoms with van der Waals surface area (Å²) in [6.45, 7) is 4.63. The number of amides is 1. The van der Waals surface area contributed by atoms with Gasteiger partial charge in [-0.25, -0.2) is 9.97 Å². The van der Waals surface area contributed by atoms with Crippen LogP contribution in [0.4, 0.5) is 5.95 Å². The Kier molecular flexibility index (Phi) is 5.32. The molecule has 2 aliphatic heterocycles. The molecule has 1 unspecified atom stereocenters. The highest BCUT2D eigenvalue weighted by Gasteiger charge is 2.29. The van der Waals surface area contributed by atoms with Crippen LogP contribution in [0, 0.1) is 0 Å². The van der Waals surface area contributed by atoms with Crippen LogP contribution in [0.2, 0.25) is 0 Å². The first-order chi connectivity index (χ1) is 13.5. The van der Waals surface area contributed by atoms with Crippen molar-refractivity contribution in [1.29, 1.82) is 0 Å². The fourth-order valence-electron chi connectivity index (χ4n) is 3.84. The summed E-state index contributed by atoms with van der Waals surface area (Å²) in [5.41, 5.74) is 2.58. The number of carbonyl (C=O) groups excluding carboxylic acids is 1. The van der Waals surface area contributed by atoms with Gasteiger partial charge in [-0.15, -0.1) is 0 Å². The molecule has 0 saturated carbocycles. The molecule has 8 nitrogen and oxygen atoms in total. The Hall–Kier alpha value is -2.45. The molecule has 1 atom stereocenters. The van der Waals surface area contributed by atoms with Gasteiger partial charge in [0.05, 0.1) is 13.2 Å². The van der Waals surface area contributed by atoms with E-state index >= 15 is 0 Å². The highest BCUT2D eigenvalue weighted by atomic mass is 16.5. The van der Waals surface area contributed by atoms with Gasteiger partial charge in [-0.2, -0.15) is 0 Å². The van der Waals surface area contributed by atoms with Crippen molar-refractivity contribution in [2.24, 2.45) is 7.05 Å². The number of ether oxygens (including phenoxy) is 1. The SMILES string of the molecule is CN(C)C1CCN(C(=O)c2cc(-c3cnc(N4CCOCC4)nc3)cn2C)C1. The van der Waals surface area contributed by atoms with E-state index in [1.165, 1.54) is 0 Å². The number of aryl methyl sites for hydroxylation is 1. The Morgan fingerprint density at radius 2 is 1.86 bits per heavy atom. The van der Waals surface area contributed by atoms with Crippen molar-refractivity contribution in [3.05, 3.63) is 30.4 Å². The van der Waals surface area contributed by atoms with Crippen molar-refractivity contribution in [2.45, 2.75) is 12.5 Å². The summed E-state index contributed by atoms with van der Waals surface area (Å²) in [6.07, 6.45) is 6.66. The summed E-state index contributed by atoms with van der Waals surface area (Å²) in [6, 6.07) is 2.38. The van der Waals surface area contributed by atoms with Gasteiger partial charge < -0.3 is 24.0 Å². The number of morpholine rings is 1. The minimum atomic E-state index is 0.0870. The molecule has 4 rings (SSSR count). The first-order valence-corrected chi connectivity index (χ1v) is 9.80. The predicted molar refractivity (Wildman–Crippen MR) is 107 cm³/mol. The lowest BCUT2D eigenvalue weighted by atomic mass is 10.2. The average molecular weight is 384 g/mol. The monoisotopic (exact) mass is 384 g/mol. The van der Waals surface area contributed by atoms with Gasteiger partial charge in [0.25, 0.3) is 5.91 Å². The number of carbonyl (C=O) groups is 1.